The molecule has 1 aromatic carbocycles. The minimum absolute atomic E-state index is 0.616. The highest BCUT2D eigenvalue weighted by Crippen LogP contribution is 2.23. The second-order valence-corrected chi connectivity index (χ2v) is 4.14. The third kappa shape index (κ3) is 2.16. The van der Waals surface area contributed by atoms with E-state index in [9.17, 15) is 0 Å². The van der Waals surface area contributed by atoms with Crippen LogP contribution in [0.3, 0.4) is 0 Å². The maximum absolute atomic E-state index is 3.52. The van der Waals surface area contributed by atoms with Gasteiger partial charge in [0, 0.05) is 6.04 Å². The van der Waals surface area contributed by atoms with E-state index in [2.05, 4.69) is 36.5 Å². The number of benzene rings is 1. The molecule has 14 heavy (non-hydrogen) atoms. The average Bonchev–Trinajstić information content (AvgIpc) is 2.72. The summed E-state index contributed by atoms with van der Waals surface area (Å²) >= 11 is 0. The van der Waals surface area contributed by atoms with Crippen molar-refractivity contribution in [3.05, 3.63) is 35.4 Å². The Bertz CT molecular complexity index is 270. The Kier molecular flexibility index (Phi) is 3.20. The molecule has 0 amide bonds. The first kappa shape index (κ1) is 9.72. The van der Waals surface area contributed by atoms with Crippen LogP contribution in [0, 0.1) is 0 Å². The van der Waals surface area contributed by atoms with Crippen LogP contribution in [0.5, 0.6) is 0 Å². The molecular formula is C13H19N. The van der Waals surface area contributed by atoms with E-state index < -0.39 is 0 Å². The van der Waals surface area contributed by atoms with Gasteiger partial charge in [-0.2, -0.15) is 0 Å². The summed E-state index contributed by atoms with van der Waals surface area (Å²) in [4.78, 5) is 0. The Morgan fingerprint density at radius 1 is 1.29 bits per heavy atom. The average molecular weight is 189 g/mol. The maximum atomic E-state index is 3.52. The van der Waals surface area contributed by atoms with Gasteiger partial charge in [0.25, 0.3) is 0 Å². The normalized spacial score (nSPS) is 21.4. The molecule has 0 saturated carbocycles. The molecule has 1 saturated heterocycles. The van der Waals surface area contributed by atoms with Crippen molar-refractivity contribution in [2.75, 3.05) is 6.54 Å². The zero-order chi connectivity index (χ0) is 9.80. The molecule has 0 spiro atoms. The van der Waals surface area contributed by atoms with Gasteiger partial charge in [-0.1, -0.05) is 37.6 Å². The predicted molar refractivity (Wildman–Crippen MR) is 60.4 cm³/mol. The first-order valence-electron chi connectivity index (χ1n) is 5.72. The van der Waals surface area contributed by atoms with Crippen LogP contribution in [-0.4, -0.2) is 6.54 Å². The Balaban J connectivity index is 2.05. The van der Waals surface area contributed by atoms with Gasteiger partial charge in [-0.3, -0.25) is 0 Å². The quantitative estimate of drug-likeness (QED) is 0.770. The van der Waals surface area contributed by atoms with Gasteiger partial charge in [-0.25, -0.2) is 0 Å². The number of hydrogen-bond donors (Lipinski definition) is 1. The number of nitrogens with one attached hydrogen (secondary N) is 1. The number of aryl methyl sites for hydroxylation is 1. The lowest BCUT2D eigenvalue weighted by molar-refractivity contribution is 0.647. The molecule has 1 fully saturated rings. The van der Waals surface area contributed by atoms with Gasteiger partial charge < -0.3 is 5.32 Å². The Morgan fingerprint density at radius 2 is 2.07 bits per heavy atom. The molecule has 0 radical (unpaired) electrons. The molecule has 1 atom stereocenters. The summed E-state index contributed by atoms with van der Waals surface area (Å²) in [6.07, 6.45) is 5.06. The molecule has 2 rings (SSSR count). The van der Waals surface area contributed by atoms with Crippen molar-refractivity contribution in [1.82, 2.24) is 5.32 Å². The molecule has 0 aliphatic carbocycles. The van der Waals surface area contributed by atoms with E-state index >= 15 is 0 Å². The summed E-state index contributed by atoms with van der Waals surface area (Å²) in [5.74, 6) is 0. The second-order valence-electron chi connectivity index (χ2n) is 4.14. The van der Waals surface area contributed by atoms with Gasteiger partial charge in [-0.05, 0) is 36.9 Å². The molecule has 0 aromatic heterocycles. The highest BCUT2D eigenvalue weighted by atomic mass is 14.9. The highest BCUT2D eigenvalue weighted by molar-refractivity contribution is 5.25. The standard InChI is InChI=1S/C13H19N/c1-2-4-11-6-8-12(9-7-11)13-5-3-10-14-13/h6-9,13-14H,2-5,10H2,1H3/t13-/m0/s1. The van der Waals surface area contributed by atoms with E-state index in [1.807, 2.05) is 0 Å². The highest BCUT2D eigenvalue weighted by Gasteiger charge is 2.15. The first-order valence-corrected chi connectivity index (χ1v) is 5.72. The van der Waals surface area contributed by atoms with Gasteiger partial charge in [0.15, 0.2) is 0 Å². The number of hydrogen-bond acceptors (Lipinski definition) is 1. The molecule has 0 bridgehead atoms. The van der Waals surface area contributed by atoms with Crippen LogP contribution in [-0.2, 0) is 6.42 Å². The van der Waals surface area contributed by atoms with E-state index in [0.29, 0.717) is 6.04 Å². The summed E-state index contributed by atoms with van der Waals surface area (Å²) in [6.45, 7) is 3.41. The van der Waals surface area contributed by atoms with E-state index in [1.54, 1.807) is 0 Å². The van der Waals surface area contributed by atoms with Gasteiger partial charge in [0.2, 0.25) is 0 Å². The minimum Gasteiger partial charge on any atom is -0.310 e. The van der Waals surface area contributed by atoms with E-state index in [4.69, 9.17) is 0 Å². The Labute approximate surface area is 86.5 Å². The van der Waals surface area contributed by atoms with Crippen LogP contribution in [0.25, 0.3) is 0 Å². The molecule has 1 heterocycles. The van der Waals surface area contributed by atoms with Crippen molar-refractivity contribution >= 4 is 0 Å². The first-order chi connectivity index (χ1) is 6.90. The topological polar surface area (TPSA) is 12.0 Å². The van der Waals surface area contributed by atoms with Crippen molar-refractivity contribution in [3.8, 4) is 0 Å². The van der Waals surface area contributed by atoms with Crippen molar-refractivity contribution in [3.63, 3.8) is 0 Å². The zero-order valence-corrected chi connectivity index (χ0v) is 8.92. The third-order valence-corrected chi connectivity index (χ3v) is 2.98. The number of rotatable bonds is 3. The van der Waals surface area contributed by atoms with Crippen molar-refractivity contribution in [1.29, 1.82) is 0 Å². The zero-order valence-electron chi connectivity index (χ0n) is 8.92. The Hall–Kier alpha value is -0.820. The predicted octanol–water partition coefficient (Wildman–Crippen LogP) is 3.06. The van der Waals surface area contributed by atoms with E-state index in [0.717, 1.165) is 0 Å². The molecule has 1 N–H and O–H groups in total. The van der Waals surface area contributed by atoms with Crippen molar-refractivity contribution in [2.24, 2.45) is 0 Å². The molecule has 1 aliphatic heterocycles. The summed E-state index contributed by atoms with van der Waals surface area (Å²) in [6, 6.07) is 9.74. The molecule has 1 aliphatic rings. The van der Waals surface area contributed by atoms with E-state index in [-0.39, 0.29) is 0 Å². The largest absolute Gasteiger partial charge is 0.310 e. The smallest absolute Gasteiger partial charge is 0.0320 e. The summed E-state index contributed by atoms with van der Waals surface area (Å²) < 4.78 is 0. The van der Waals surface area contributed by atoms with Crippen LogP contribution in [0.15, 0.2) is 24.3 Å². The second kappa shape index (κ2) is 4.61. The SMILES string of the molecule is CCCc1ccc([C@@H]2CCCN2)cc1. The molecule has 1 heteroatoms. The van der Waals surface area contributed by atoms with Crippen LogP contribution >= 0.6 is 0 Å². The summed E-state index contributed by atoms with van der Waals surface area (Å²) in [5, 5.41) is 3.52. The van der Waals surface area contributed by atoms with Crippen LogP contribution in [0.2, 0.25) is 0 Å². The van der Waals surface area contributed by atoms with Gasteiger partial charge in [0.1, 0.15) is 0 Å². The van der Waals surface area contributed by atoms with Gasteiger partial charge >= 0.3 is 0 Å². The Morgan fingerprint density at radius 3 is 2.64 bits per heavy atom. The van der Waals surface area contributed by atoms with Crippen molar-refractivity contribution < 1.29 is 0 Å². The van der Waals surface area contributed by atoms with Crippen LogP contribution < -0.4 is 5.32 Å². The lowest BCUT2D eigenvalue weighted by Crippen LogP contribution is -2.12. The monoisotopic (exact) mass is 189 g/mol. The fourth-order valence-electron chi connectivity index (χ4n) is 2.17. The lowest BCUT2D eigenvalue weighted by atomic mass is 10.0. The lowest BCUT2D eigenvalue weighted by Gasteiger charge is -2.10. The van der Waals surface area contributed by atoms with Crippen molar-refractivity contribution in [2.45, 2.75) is 38.6 Å². The third-order valence-electron chi connectivity index (χ3n) is 2.98. The molecule has 1 nitrogen and oxygen atoms in total. The van der Waals surface area contributed by atoms with Gasteiger partial charge in [0.05, 0.1) is 0 Å². The molecule has 1 aromatic rings. The van der Waals surface area contributed by atoms with Crippen LogP contribution in [0.1, 0.15) is 43.4 Å². The summed E-state index contributed by atoms with van der Waals surface area (Å²) in [5.41, 5.74) is 2.93. The maximum Gasteiger partial charge on any atom is 0.0320 e. The molecule has 76 valence electrons. The summed E-state index contributed by atoms with van der Waals surface area (Å²) in [7, 11) is 0. The minimum atomic E-state index is 0.616. The van der Waals surface area contributed by atoms with E-state index in [1.165, 1.54) is 43.4 Å². The fraction of sp³-hybridized carbons (Fsp3) is 0.538. The molecular weight excluding hydrogens is 170 g/mol. The fourth-order valence-corrected chi connectivity index (χ4v) is 2.17. The van der Waals surface area contributed by atoms with Gasteiger partial charge in [-0.15, -0.1) is 0 Å². The molecule has 0 unspecified atom stereocenters. The van der Waals surface area contributed by atoms with Crippen LogP contribution in [0.4, 0.5) is 0 Å².